The molecule has 20 heavy (non-hydrogen) atoms. The van der Waals surface area contributed by atoms with Crippen molar-refractivity contribution in [3.05, 3.63) is 34.3 Å². The largest absolute Gasteiger partial charge is 0.417 e. The van der Waals surface area contributed by atoms with Gasteiger partial charge in [0.15, 0.2) is 21.2 Å². The van der Waals surface area contributed by atoms with E-state index in [2.05, 4.69) is 4.98 Å². The van der Waals surface area contributed by atoms with Gasteiger partial charge in [-0.05, 0) is 31.0 Å². The van der Waals surface area contributed by atoms with Crippen LogP contribution in [-0.2, 0) is 9.84 Å². The van der Waals surface area contributed by atoms with E-state index in [1.807, 2.05) is 0 Å². The number of aromatic amines is 1. The van der Waals surface area contributed by atoms with Crippen LogP contribution < -0.4 is 5.76 Å². The molecule has 3 rings (SSSR count). The highest BCUT2D eigenvalue weighted by Crippen LogP contribution is 2.24. The molecule has 0 bridgehead atoms. The molecule has 1 aromatic heterocycles. The van der Waals surface area contributed by atoms with Crippen LogP contribution in [0, 0.1) is 0 Å². The van der Waals surface area contributed by atoms with E-state index in [4.69, 9.17) is 4.42 Å². The van der Waals surface area contributed by atoms with Crippen molar-refractivity contribution in [2.24, 2.45) is 0 Å². The SMILES string of the molecule is O=C(c1ccc2[nH]c(=O)oc2c1)C1CCCCS1(=O)=O. The molecule has 2 aromatic rings. The number of ketones is 1. The first-order valence-corrected chi connectivity index (χ1v) is 8.07. The molecule has 6 nitrogen and oxygen atoms in total. The normalized spacial score (nSPS) is 21.9. The molecule has 1 aromatic carbocycles. The molecule has 1 N–H and O–H groups in total. The maximum absolute atomic E-state index is 12.4. The van der Waals surface area contributed by atoms with Crippen molar-refractivity contribution in [1.29, 1.82) is 0 Å². The number of hydrogen-bond acceptors (Lipinski definition) is 5. The molecule has 0 spiro atoms. The second-order valence-electron chi connectivity index (χ2n) is 4.94. The third-order valence-corrected chi connectivity index (χ3v) is 5.75. The molecular weight excluding hydrogens is 282 g/mol. The van der Waals surface area contributed by atoms with Gasteiger partial charge >= 0.3 is 5.76 Å². The zero-order valence-corrected chi connectivity index (χ0v) is 11.4. The fourth-order valence-corrected chi connectivity index (χ4v) is 4.41. The van der Waals surface area contributed by atoms with E-state index >= 15 is 0 Å². The average Bonchev–Trinajstić information content (AvgIpc) is 2.76. The van der Waals surface area contributed by atoms with Gasteiger partial charge < -0.3 is 4.42 Å². The average molecular weight is 295 g/mol. The minimum atomic E-state index is -3.37. The highest BCUT2D eigenvalue weighted by molar-refractivity contribution is 7.92. The smallest absolute Gasteiger partial charge is 0.408 e. The first-order valence-electron chi connectivity index (χ1n) is 6.36. The van der Waals surface area contributed by atoms with Crippen molar-refractivity contribution in [1.82, 2.24) is 4.98 Å². The van der Waals surface area contributed by atoms with Gasteiger partial charge in [0.25, 0.3) is 0 Å². The first kappa shape index (κ1) is 13.1. The Hall–Kier alpha value is -1.89. The van der Waals surface area contributed by atoms with Crippen LogP contribution >= 0.6 is 0 Å². The monoisotopic (exact) mass is 295 g/mol. The highest BCUT2D eigenvalue weighted by atomic mass is 32.2. The van der Waals surface area contributed by atoms with Crippen molar-refractivity contribution in [3.63, 3.8) is 0 Å². The molecule has 1 fully saturated rings. The lowest BCUT2D eigenvalue weighted by atomic mass is 10.0. The van der Waals surface area contributed by atoms with Gasteiger partial charge in [0.2, 0.25) is 0 Å². The number of nitrogens with one attached hydrogen (secondary N) is 1. The van der Waals surface area contributed by atoms with Crippen LogP contribution in [-0.4, -0.2) is 30.2 Å². The zero-order chi connectivity index (χ0) is 14.3. The quantitative estimate of drug-likeness (QED) is 0.841. The van der Waals surface area contributed by atoms with Gasteiger partial charge in [-0.3, -0.25) is 9.78 Å². The Balaban J connectivity index is 2.01. The number of hydrogen-bond donors (Lipinski definition) is 1. The number of oxazole rings is 1. The van der Waals surface area contributed by atoms with E-state index < -0.39 is 26.6 Å². The summed E-state index contributed by atoms with van der Waals surface area (Å²) in [6.07, 6.45) is 1.70. The summed E-state index contributed by atoms with van der Waals surface area (Å²) in [6.45, 7) is 0. The molecular formula is C13H13NO5S. The Bertz CT molecular complexity index is 830. The summed E-state index contributed by atoms with van der Waals surface area (Å²) in [6, 6.07) is 4.48. The lowest BCUT2D eigenvalue weighted by molar-refractivity contribution is 0.0981. The van der Waals surface area contributed by atoms with Crippen LogP contribution in [0.4, 0.5) is 0 Å². The van der Waals surface area contributed by atoms with Crippen molar-refractivity contribution >= 4 is 26.7 Å². The van der Waals surface area contributed by atoms with Crippen LogP contribution in [0.25, 0.3) is 11.1 Å². The number of fused-ring (bicyclic) bond motifs is 1. The number of carbonyl (C=O) groups is 1. The third-order valence-electron chi connectivity index (χ3n) is 3.58. The van der Waals surface area contributed by atoms with Gasteiger partial charge in [-0.1, -0.05) is 6.42 Å². The molecule has 0 amide bonds. The number of Topliss-reactive ketones (excluding diaryl/α,β-unsaturated/α-hetero) is 1. The second-order valence-corrected chi connectivity index (χ2v) is 7.24. The van der Waals surface area contributed by atoms with Crippen LogP contribution in [0.3, 0.4) is 0 Å². The Morgan fingerprint density at radius 1 is 1.30 bits per heavy atom. The molecule has 0 radical (unpaired) electrons. The molecule has 1 saturated heterocycles. The van der Waals surface area contributed by atoms with Crippen molar-refractivity contribution < 1.29 is 17.6 Å². The maximum Gasteiger partial charge on any atom is 0.417 e. The van der Waals surface area contributed by atoms with Gasteiger partial charge in [-0.25, -0.2) is 13.2 Å². The molecule has 2 heterocycles. The summed E-state index contributed by atoms with van der Waals surface area (Å²) >= 11 is 0. The Morgan fingerprint density at radius 3 is 2.85 bits per heavy atom. The Kier molecular flexibility index (Phi) is 3.01. The molecule has 0 saturated carbocycles. The fraction of sp³-hybridized carbons (Fsp3) is 0.385. The molecule has 1 aliphatic heterocycles. The molecule has 7 heteroatoms. The van der Waals surface area contributed by atoms with E-state index in [0.29, 0.717) is 18.4 Å². The van der Waals surface area contributed by atoms with Crippen LogP contribution in [0.5, 0.6) is 0 Å². The predicted molar refractivity (Wildman–Crippen MR) is 72.6 cm³/mol. The molecule has 0 aliphatic carbocycles. The lowest BCUT2D eigenvalue weighted by Gasteiger charge is -2.20. The number of aromatic nitrogens is 1. The van der Waals surface area contributed by atoms with Gasteiger partial charge in [-0.15, -0.1) is 0 Å². The number of rotatable bonds is 2. The Morgan fingerprint density at radius 2 is 2.10 bits per heavy atom. The van der Waals surface area contributed by atoms with E-state index in [9.17, 15) is 18.0 Å². The van der Waals surface area contributed by atoms with Crippen molar-refractivity contribution in [3.8, 4) is 0 Å². The molecule has 1 aliphatic rings. The molecule has 106 valence electrons. The summed E-state index contributed by atoms with van der Waals surface area (Å²) < 4.78 is 28.8. The summed E-state index contributed by atoms with van der Waals surface area (Å²) in [5, 5.41) is -0.973. The van der Waals surface area contributed by atoms with Gasteiger partial charge in [0.05, 0.1) is 11.3 Å². The van der Waals surface area contributed by atoms with E-state index in [1.165, 1.54) is 12.1 Å². The van der Waals surface area contributed by atoms with Gasteiger partial charge in [0.1, 0.15) is 5.25 Å². The molecule has 1 unspecified atom stereocenters. The maximum atomic E-state index is 12.4. The van der Waals surface area contributed by atoms with Gasteiger partial charge in [-0.2, -0.15) is 0 Å². The number of H-pyrrole nitrogens is 1. The minimum absolute atomic E-state index is 0.0604. The summed E-state index contributed by atoms with van der Waals surface area (Å²) in [7, 11) is -3.37. The van der Waals surface area contributed by atoms with Crippen LogP contribution in [0.1, 0.15) is 29.6 Å². The summed E-state index contributed by atoms with van der Waals surface area (Å²) in [5.41, 5.74) is 1.00. The minimum Gasteiger partial charge on any atom is -0.408 e. The summed E-state index contributed by atoms with van der Waals surface area (Å²) in [5.74, 6) is -0.962. The number of benzene rings is 1. The number of carbonyl (C=O) groups excluding carboxylic acids is 1. The van der Waals surface area contributed by atoms with Crippen molar-refractivity contribution in [2.45, 2.75) is 24.5 Å². The fourth-order valence-electron chi connectivity index (χ4n) is 2.53. The zero-order valence-electron chi connectivity index (χ0n) is 10.6. The molecule has 1 atom stereocenters. The third kappa shape index (κ3) is 2.18. The van der Waals surface area contributed by atoms with Crippen molar-refractivity contribution in [2.75, 3.05) is 5.75 Å². The first-order chi connectivity index (χ1) is 9.47. The van der Waals surface area contributed by atoms with Gasteiger partial charge in [0, 0.05) is 5.56 Å². The van der Waals surface area contributed by atoms with E-state index in [-0.39, 0.29) is 16.9 Å². The van der Waals surface area contributed by atoms with Crippen LogP contribution in [0.2, 0.25) is 0 Å². The predicted octanol–water partition coefficient (Wildman–Crippen LogP) is 1.27. The number of sulfone groups is 1. The summed E-state index contributed by atoms with van der Waals surface area (Å²) in [4.78, 5) is 25.9. The highest BCUT2D eigenvalue weighted by Gasteiger charge is 2.35. The van der Waals surface area contributed by atoms with Crippen LogP contribution in [0.15, 0.2) is 27.4 Å². The standard InChI is InChI=1S/C13H13NO5S/c15-12(11-3-1-2-6-20(11,17)18)8-4-5-9-10(7-8)19-13(16)14-9/h4-5,7,11H,1-3,6H2,(H,14,16). The second kappa shape index (κ2) is 4.59. The Labute approximate surface area is 114 Å². The lowest BCUT2D eigenvalue weighted by Crippen LogP contribution is -2.35. The topological polar surface area (TPSA) is 97.2 Å². The van der Waals surface area contributed by atoms with E-state index in [1.54, 1.807) is 6.07 Å². The van der Waals surface area contributed by atoms with E-state index in [0.717, 1.165) is 6.42 Å².